The number of nitrogens with zero attached hydrogens (tertiary/aromatic N) is 1. The van der Waals surface area contributed by atoms with Gasteiger partial charge >= 0.3 is 0 Å². The molecule has 0 atom stereocenters. The average Bonchev–Trinajstić information content (AvgIpc) is 2.94. The van der Waals surface area contributed by atoms with Gasteiger partial charge in [0.2, 0.25) is 5.91 Å². The third-order valence-electron chi connectivity index (χ3n) is 5.73. The van der Waals surface area contributed by atoms with E-state index in [1.807, 2.05) is 11.9 Å². The fourth-order valence-electron chi connectivity index (χ4n) is 3.99. The van der Waals surface area contributed by atoms with Gasteiger partial charge in [-0.1, -0.05) is 66.2 Å². The summed E-state index contributed by atoms with van der Waals surface area (Å²) >= 11 is 0. The van der Waals surface area contributed by atoms with Crippen molar-refractivity contribution in [3.05, 3.63) is 0 Å². The van der Waals surface area contributed by atoms with Crippen LogP contribution in [0.15, 0.2) is 0 Å². The zero-order chi connectivity index (χ0) is 17.3. The van der Waals surface area contributed by atoms with E-state index in [0.717, 1.165) is 19.4 Å². The lowest BCUT2D eigenvalue weighted by molar-refractivity contribution is -0.131. The molecule has 0 aromatic carbocycles. The van der Waals surface area contributed by atoms with Crippen LogP contribution in [-0.2, 0) is 4.79 Å². The highest BCUT2D eigenvalue weighted by molar-refractivity contribution is 5.75. The number of unbranched alkanes of at least 4 members (excludes halogenated alkanes) is 4. The molecule has 0 aromatic rings. The van der Waals surface area contributed by atoms with Crippen LogP contribution in [0.2, 0.25) is 0 Å². The average molecular weight is 324 g/mol. The SMILES string of the molecule is CCC1(CN(C)C(=O)CCCCCCCC(C)(C)C)CCCC1. The van der Waals surface area contributed by atoms with Crippen molar-refractivity contribution in [1.82, 2.24) is 4.90 Å². The monoisotopic (exact) mass is 323 g/mol. The summed E-state index contributed by atoms with van der Waals surface area (Å²) in [5, 5.41) is 0. The van der Waals surface area contributed by atoms with E-state index in [4.69, 9.17) is 0 Å². The Balaban J connectivity index is 2.11. The van der Waals surface area contributed by atoms with Crippen molar-refractivity contribution in [2.75, 3.05) is 13.6 Å². The molecule has 1 amide bonds. The molecule has 1 rings (SSSR count). The van der Waals surface area contributed by atoms with Gasteiger partial charge in [0.05, 0.1) is 0 Å². The number of hydrogen-bond acceptors (Lipinski definition) is 1. The first-order valence-corrected chi connectivity index (χ1v) is 10.0. The summed E-state index contributed by atoms with van der Waals surface area (Å²) in [4.78, 5) is 14.4. The summed E-state index contributed by atoms with van der Waals surface area (Å²) in [6, 6.07) is 0. The molecule has 23 heavy (non-hydrogen) atoms. The van der Waals surface area contributed by atoms with Gasteiger partial charge in [-0.05, 0) is 42.9 Å². The summed E-state index contributed by atoms with van der Waals surface area (Å²) < 4.78 is 0. The van der Waals surface area contributed by atoms with Gasteiger partial charge < -0.3 is 4.90 Å². The summed E-state index contributed by atoms with van der Waals surface area (Å²) in [5.41, 5.74) is 0.894. The van der Waals surface area contributed by atoms with Gasteiger partial charge in [-0.25, -0.2) is 0 Å². The third kappa shape index (κ3) is 8.22. The Morgan fingerprint density at radius 2 is 1.57 bits per heavy atom. The summed E-state index contributed by atoms with van der Waals surface area (Å²) in [5.74, 6) is 0.361. The van der Waals surface area contributed by atoms with Crippen molar-refractivity contribution in [3.8, 4) is 0 Å². The lowest BCUT2D eigenvalue weighted by atomic mass is 9.83. The van der Waals surface area contributed by atoms with Gasteiger partial charge in [-0.3, -0.25) is 4.79 Å². The number of carbonyl (C=O) groups excluding carboxylic acids is 1. The molecule has 0 unspecified atom stereocenters. The molecule has 0 N–H and O–H groups in total. The second kappa shape index (κ2) is 9.69. The Hall–Kier alpha value is -0.530. The normalized spacial score (nSPS) is 17.4. The van der Waals surface area contributed by atoms with Crippen molar-refractivity contribution in [2.45, 2.75) is 105 Å². The molecule has 136 valence electrons. The van der Waals surface area contributed by atoms with E-state index in [1.165, 1.54) is 64.2 Å². The maximum Gasteiger partial charge on any atom is 0.222 e. The number of amides is 1. The van der Waals surface area contributed by atoms with Gasteiger partial charge in [0, 0.05) is 20.0 Å². The Labute approximate surface area is 145 Å². The molecule has 1 aliphatic rings. The molecule has 0 aliphatic heterocycles. The fourth-order valence-corrected chi connectivity index (χ4v) is 3.99. The van der Waals surface area contributed by atoms with E-state index in [1.54, 1.807) is 0 Å². The fraction of sp³-hybridized carbons (Fsp3) is 0.952. The molecule has 0 spiro atoms. The Bertz CT molecular complexity index is 336. The van der Waals surface area contributed by atoms with Gasteiger partial charge in [0.1, 0.15) is 0 Å². The van der Waals surface area contributed by atoms with E-state index in [0.29, 0.717) is 16.7 Å². The van der Waals surface area contributed by atoms with Gasteiger partial charge in [0.15, 0.2) is 0 Å². The largest absolute Gasteiger partial charge is 0.345 e. The van der Waals surface area contributed by atoms with Gasteiger partial charge in [-0.2, -0.15) is 0 Å². The highest BCUT2D eigenvalue weighted by Crippen LogP contribution is 2.41. The van der Waals surface area contributed by atoms with Crippen LogP contribution in [0.3, 0.4) is 0 Å². The second-order valence-corrected chi connectivity index (χ2v) is 9.14. The molecule has 0 bridgehead atoms. The van der Waals surface area contributed by atoms with Crippen LogP contribution in [0.1, 0.15) is 105 Å². The first-order valence-electron chi connectivity index (χ1n) is 10.0. The number of hydrogen-bond donors (Lipinski definition) is 0. The molecule has 0 saturated heterocycles. The van der Waals surface area contributed by atoms with Crippen molar-refractivity contribution in [1.29, 1.82) is 0 Å². The molecule has 0 heterocycles. The van der Waals surface area contributed by atoms with Crippen LogP contribution in [-0.4, -0.2) is 24.4 Å². The van der Waals surface area contributed by atoms with Crippen LogP contribution >= 0.6 is 0 Å². The van der Waals surface area contributed by atoms with Gasteiger partial charge in [-0.15, -0.1) is 0 Å². The lowest BCUT2D eigenvalue weighted by Crippen LogP contribution is -2.37. The van der Waals surface area contributed by atoms with Crippen molar-refractivity contribution in [2.24, 2.45) is 10.8 Å². The summed E-state index contributed by atoms with van der Waals surface area (Å²) in [7, 11) is 2.02. The number of rotatable bonds is 10. The van der Waals surface area contributed by atoms with E-state index in [2.05, 4.69) is 27.7 Å². The minimum Gasteiger partial charge on any atom is -0.345 e. The maximum atomic E-state index is 12.3. The molecule has 2 nitrogen and oxygen atoms in total. The van der Waals surface area contributed by atoms with Crippen LogP contribution in [0.4, 0.5) is 0 Å². The van der Waals surface area contributed by atoms with Crippen molar-refractivity contribution < 1.29 is 4.79 Å². The van der Waals surface area contributed by atoms with Crippen molar-refractivity contribution in [3.63, 3.8) is 0 Å². The zero-order valence-corrected chi connectivity index (χ0v) is 16.5. The molecule has 1 aliphatic carbocycles. The molecule has 1 fully saturated rings. The minimum absolute atomic E-state index is 0.361. The van der Waals surface area contributed by atoms with Crippen LogP contribution in [0, 0.1) is 10.8 Å². The smallest absolute Gasteiger partial charge is 0.222 e. The molecule has 2 heteroatoms. The molecule has 0 radical (unpaired) electrons. The Kier molecular flexibility index (Phi) is 8.64. The standard InChI is InChI=1S/C21H41NO/c1-6-21(16-12-13-17-21)18-22(5)19(23)14-10-8-7-9-11-15-20(2,3)4/h6-18H2,1-5H3. The highest BCUT2D eigenvalue weighted by atomic mass is 16.2. The Morgan fingerprint density at radius 3 is 2.13 bits per heavy atom. The lowest BCUT2D eigenvalue weighted by Gasteiger charge is -2.32. The summed E-state index contributed by atoms with van der Waals surface area (Å²) in [6.45, 7) is 10.2. The maximum absolute atomic E-state index is 12.3. The minimum atomic E-state index is 0.361. The van der Waals surface area contributed by atoms with E-state index in [9.17, 15) is 4.79 Å². The second-order valence-electron chi connectivity index (χ2n) is 9.14. The quantitative estimate of drug-likeness (QED) is 0.439. The topological polar surface area (TPSA) is 20.3 Å². The highest BCUT2D eigenvalue weighted by Gasteiger charge is 2.33. The Morgan fingerprint density at radius 1 is 1.00 bits per heavy atom. The third-order valence-corrected chi connectivity index (χ3v) is 5.73. The zero-order valence-electron chi connectivity index (χ0n) is 16.5. The van der Waals surface area contributed by atoms with Crippen LogP contribution in [0.5, 0.6) is 0 Å². The van der Waals surface area contributed by atoms with Crippen molar-refractivity contribution >= 4 is 5.91 Å². The molecule has 0 aromatic heterocycles. The van der Waals surface area contributed by atoms with E-state index >= 15 is 0 Å². The predicted octanol–water partition coefficient (Wildman–Crippen LogP) is 6.19. The van der Waals surface area contributed by atoms with E-state index < -0.39 is 0 Å². The van der Waals surface area contributed by atoms with Crippen LogP contribution in [0.25, 0.3) is 0 Å². The summed E-state index contributed by atoms with van der Waals surface area (Å²) in [6.07, 6.45) is 14.8. The van der Waals surface area contributed by atoms with Gasteiger partial charge in [0.25, 0.3) is 0 Å². The molecule has 1 saturated carbocycles. The predicted molar refractivity (Wildman–Crippen MR) is 101 cm³/mol. The van der Waals surface area contributed by atoms with Crippen LogP contribution < -0.4 is 0 Å². The molecular weight excluding hydrogens is 282 g/mol. The number of carbonyl (C=O) groups is 1. The molecular formula is C21H41NO. The first-order chi connectivity index (χ1) is 10.8. The van der Waals surface area contributed by atoms with E-state index in [-0.39, 0.29) is 0 Å². The first kappa shape index (κ1) is 20.5.